The van der Waals surface area contributed by atoms with Gasteiger partial charge in [0.25, 0.3) is 8.53 Å². The molecule has 0 saturated carbocycles. The van der Waals surface area contributed by atoms with Crippen LogP contribution in [-0.4, -0.2) is 50.3 Å². The van der Waals surface area contributed by atoms with E-state index in [2.05, 4.69) is 171 Å². The van der Waals surface area contributed by atoms with Gasteiger partial charge >= 0.3 is 0 Å². The minimum absolute atomic E-state index is 0.136. The highest BCUT2D eigenvalue weighted by molar-refractivity contribution is 7.44. The summed E-state index contributed by atoms with van der Waals surface area (Å²) in [5.74, 6) is 15.5. The predicted molar refractivity (Wildman–Crippen MR) is 293 cm³/mol. The van der Waals surface area contributed by atoms with Crippen LogP contribution in [0.3, 0.4) is 0 Å². The Kier molecular flexibility index (Phi) is 17.6. The molecule has 8 aromatic carbocycles. The molecule has 2 unspecified atom stereocenters. The molecule has 0 spiro atoms. The van der Waals surface area contributed by atoms with E-state index in [0.717, 1.165) is 77.6 Å². The van der Waals surface area contributed by atoms with E-state index in [4.69, 9.17) is 23.3 Å². The summed E-state index contributed by atoms with van der Waals surface area (Å²) in [5, 5.41) is 13.8. The van der Waals surface area contributed by atoms with Gasteiger partial charge in [0.2, 0.25) is 0 Å². The van der Waals surface area contributed by atoms with Gasteiger partial charge in [-0.05, 0) is 133 Å². The van der Waals surface area contributed by atoms with Crippen molar-refractivity contribution >= 4 is 30.1 Å². The first-order chi connectivity index (χ1) is 35.2. The molecular formula is C64H61N2O5P. The predicted octanol–water partition coefficient (Wildman–Crippen LogP) is 14.4. The molecule has 362 valence electrons. The van der Waals surface area contributed by atoms with Gasteiger partial charge in [-0.3, -0.25) is 0 Å². The van der Waals surface area contributed by atoms with E-state index in [1.165, 1.54) is 0 Å². The van der Waals surface area contributed by atoms with E-state index < -0.39 is 14.1 Å². The SMILES string of the molecule is COc1ccc(C(OCCC(Cc2ccc(C#Cc3c4ccccc4c(C#Cc4ccccc4)c4ccccc34)cc2)OP(OCCC#N)N(C(C)C)C(C)C)(c2ccccc2)c2ccc(OC)cc2)cc1. The number of fused-ring (bicyclic) bond motifs is 2. The number of rotatable bonds is 19. The van der Waals surface area contributed by atoms with Crippen molar-refractivity contribution in [1.29, 1.82) is 5.26 Å². The maximum Gasteiger partial charge on any atom is 0.259 e. The molecule has 72 heavy (non-hydrogen) atoms. The highest BCUT2D eigenvalue weighted by atomic mass is 31.2. The number of hydrogen-bond donors (Lipinski definition) is 0. The number of nitriles is 1. The van der Waals surface area contributed by atoms with Crippen molar-refractivity contribution in [3.63, 3.8) is 0 Å². The third-order valence-corrected chi connectivity index (χ3v) is 14.8. The second-order valence-corrected chi connectivity index (χ2v) is 19.4. The van der Waals surface area contributed by atoms with Crippen molar-refractivity contribution in [2.45, 2.75) is 70.7 Å². The number of methoxy groups -OCH3 is 2. The minimum atomic E-state index is -1.55. The molecule has 0 heterocycles. The zero-order valence-electron chi connectivity index (χ0n) is 42.0. The zero-order chi connectivity index (χ0) is 50.3. The van der Waals surface area contributed by atoms with E-state index in [1.807, 2.05) is 72.8 Å². The molecule has 0 aliphatic heterocycles. The van der Waals surface area contributed by atoms with Crippen molar-refractivity contribution in [1.82, 2.24) is 4.67 Å². The lowest BCUT2D eigenvalue weighted by Crippen LogP contribution is -2.36. The number of ether oxygens (including phenoxy) is 3. The first-order valence-corrected chi connectivity index (χ1v) is 25.7. The van der Waals surface area contributed by atoms with E-state index in [0.29, 0.717) is 19.4 Å². The van der Waals surface area contributed by atoms with Gasteiger partial charge in [-0.15, -0.1) is 0 Å². The van der Waals surface area contributed by atoms with Crippen LogP contribution in [0.2, 0.25) is 0 Å². The third kappa shape index (κ3) is 12.1. The largest absolute Gasteiger partial charge is 0.497 e. The van der Waals surface area contributed by atoms with Crippen molar-refractivity contribution in [3.8, 4) is 41.2 Å². The van der Waals surface area contributed by atoms with Crippen LogP contribution < -0.4 is 9.47 Å². The molecule has 8 heteroatoms. The summed E-state index contributed by atoms with van der Waals surface area (Å²) < 4.78 is 34.5. The van der Waals surface area contributed by atoms with Gasteiger partial charge in [0.1, 0.15) is 17.1 Å². The number of benzene rings is 8. The molecule has 0 amide bonds. The Bertz CT molecular complexity index is 3090. The smallest absolute Gasteiger partial charge is 0.259 e. The Hall–Kier alpha value is -7.24. The molecule has 0 radical (unpaired) electrons. The van der Waals surface area contributed by atoms with Crippen LogP contribution in [0.1, 0.15) is 85.0 Å². The summed E-state index contributed by atoms with van der Waals surface area (Å²) in [6, 6.07) is 64.4. The van der Waals surface area contributed by atoms with Gasteiger partial charge in [0.05, 0.1) is 46.0 Å². The van der Waals surface area contributed by atoms with Crippen LogP contribution in [0.15, 0.2) is 182 Å². The second-order valence-electron chi connectivity index (χ2n) is 18.0. The second kappa shape index (κ2) is 24.7. The fourth-order valence-electron chi connectivity index (χ4n) is 9.21. The van der Waals surface area contributed by atoms with Gasteiger partial charge < -0.3 is 23.3 Å². The maximum absolute atomic E-state index is 9.51. The molecule has 0 bridgehead atoms. The van der Waals surface area contributed by atoms with Crippen LogP contribution in [0.5, 0.6) is 11.5 Å². The van der Waals surface area contributed by atoms with Crippen molar-refractivity contribution in [3.05, 3.63) is 226 Å². The standard InChI is InChI=1S/C64H61N2O5P/c1-47(2)66(48(3)4)72(70-44-17-43-65)71-57(42-45-69-64(52-20-11-8-12-21-52,53-32-36-55(67-5)37-33-53)54-34-38-56(68-6)39-35-54)46-51-28-26-50(27-29-51)31-41-63-60-24-15-13-22-58(60)62(59-23-14-16-25-61(59)63)40-30-49-18-9-7-10-19-49/h7-16,18-29,32-39,47-48,57H,17,42,44-46H2,1-6H3. The van der Waals surface area contributed by atoms with Crippen LogP contribution in [0.4, 0.5) is 0 Å². The molecule has 2 atom stereocenters. The summed E-state index contributed by atoms with van der Waals surface area (Å²) in [7, 11) is 1.79. The summed E-state index contributed by atoms with van der Waals surface area (Å²) >= 11 is 0. The Morgan fingerprint density at radius 3 is 1.42 bits per heavy atom. The Balaban J connectivity index is 1.13. The average molecular weight is 969 g/mol. The van der Waals surface area contributed by atoms with E-state index in [9.17, 15) is 5.26 Å². The van der Waals surface area contributed by atoms with Crippen molar-refractivity contribution in [2.24, 2.45) is 0 Å². The molecule has 8 aromatic rings. The quantitative estimate of drug-likeness (QED) is 0.0263. The normalized spacial score (nSPS) is 12.2. The fourth-order valence-corrected chi connectivity index (χ4v) is 10.9. The van der Waals surface area contributed by atoms with Gasteiger partial charge in [0.15, 0.2) is 0 Å². The summed E-state index contributed by atoms with van der Waals surface area (Å²) in [4.78, 5) is 0. The lowest BCUT2D eigenvalue weighted by molar-refractivity contribution is -0.00401. The minimum Gasteiger partial charge on any atom is -0.497 e. The maximum atomic E-state index is 9.51. The van der Waals surface area contributed by atoms with Gasteiger partial charge in [0, 0.05) is 34.3 Å². The molecule has 0 fully saturated rings. The van der Waals surface area contributed by atoms with Gasteiger partial charge in [-0.1, -0.05) is 157 Å². The van der Waals surface area contributed by atoms with Crippen LogP contribution in [-0.2, 0) is 25.8 Å². The molecule has 0 aliphatic rings. The highest BCUT2D eigenvalue weighted by Crippen LogP contribution is 2.48. The molecule has 0 N–H and O–H groups in total. The average Bonchev–Trinajstić information content (AvgIpc) is 3.41. The van der Waals surface area contributed by atoms with Gasteiger partial charge in [-0.25, -0.2) is 4.67 Å². The lowest BCUT2D eigenvalue weighted by atomic mass is 9.80. The summed E-state index contributed by atoms with van der Waals surface area (Å²) in [6.45, 7) is 9.23. The molecular weight excluding hydrogens is 908 g/mol. The third-order valence-electron chi connectivity index (χ3n) is 12.6. The monoisotopic (exact) mass is 968 g/mol. The first kappa shape index (κ1) is 51.1. The van der Waals surface area contributed by atoms with Crippen LogP contribution in [0.25, 0.3) is 21.5 Å². The van der Waals surface area contributed by atoms with E-state index in [-0.39, 0.29) is 31.2 Å². The lowest BCUT2D eigenvalue weighted by Gasteiger charge is -2.38. The van der Waals surface area contributed by atoms with Crippen molar-refractivity contribution < 1.29 is 23.3 Å². The van der Waals surface area contributed by atoms with Crippen LogP contribution >= 0.6 is 8.53 Å². The topological polar surface area (TPSA) is 73.2 Å². The number of nitrogens with zero attached hydrogens (tertiary/aromatic N) is 2. The highest BCUT2D eigenvalue weighted by Gasteiger charge is 2.38. The Morgan fingerprint density at radius 1 is 0.514 bits per heavy atom. The summed E-state index contributed by atoms with van der Waals surface area (Å²) in [5.41, 5.74) is 6.84. The summed E-state index contributed by atoms with van der Waals surface area (Å²) in [6.07, 6.45) is 1.07. The molecule has 0 aliphatic carbocycles. The van der Waals surface area contributed by atoms with E-state index in [1.54, 1.807) is 14.2 Å². The zero-order valence-corrected chi connectivity index (χ0v) is 42.9. The molecule has 0 aromatic heterocycles. The fraction of sp³-hybridized carbons (Fsp3) is 0.234. The van der Waals surface area contributed by atoms with Crippen molar-refractivity contribution in [2.75, 3.05) is 27.4 Å². The van der Waals surface area contributed by atoms with Gasteiger partial charge in [-0.2, -0.15) is 5.26 Å². The molecule has 0 saturated heterocycles. The first-order valence-electron chi connectivity index (χ1n) is 24.6. The molecule has 8 rings (SSSR count). The Labute approximate surface area is 427 Å². The Morgan fingerprint density at radius 2 is 0.958 bits per heavy atom. The number of hydrogen-bond acceptors (Lipinski definition) is 7. The van der Waals surface area contributed by atoms with Crippen LogP contribution in [0, 0.1) is 35.0 Å². The van der Waals surface area contributed by atoms with E-state index >= 15 is 0 Å². The molecule has 7 nitrogen and oxygen atoms in total.